The van der Waals surface area contributed by atoms with E-state index in [1.165, 1.54) is 4.90 Å². The lowest BCUT2D eigenvalue weighted by atomic mass is 10.1. The van der Waals surface area contributed by atoms with Gasteiger partial charge in [-0.05, 0) is 25.7 Å². The van der Waals surface area contributed by atoms with Crippen LogP contribution in [0.25, 0.3) is 0 Å². The van der Waals surface area contributed by atoms with Crippen molar-refractivity contribution in [3.63, 3.8) is 0 Å². The van der Waals surface area contributed by atoms with Crippen molar-refractivity contribution in [2.24, 2.45) is 0 Å². The first-order chi connectivity index (χ1) is 8.63. The van der Waals surface area contributed by atoms with Crippen molar-refractivity contribution in [2.45, 2.75) is 38.7 Å². The van der Waals surface area contributed by atoms with Gasteiger partial charge in [0, 0.05) is 19.7 Å². The number of carbonyl (C=O) groups is 2. The van der Waals surface area contributed by atoms with Gasteiger partial charge in [0.15, 0.2) is 0 Å². The molecule has 1 aliphatic heterocycles. The van der Waals surface area contributed by atoms with Crippen molar-refractivity contribution in [3.8, 4) is 0 Å². The van der Waals surface area contributed by atoms with E-state index in [9.17, 15) is 9.59 Å². The van der Waals surface area contributed by atoms with Crippen LogP contribution in [0.3, 0.4) is 0 Å². The summed E-state index contributed by atoms with van der Waals surface area (Å²) in [4.78, 5) is 23.8. The maximum Gasteiger partial charge on any atom is 0.323 e. The molecule has 1 rings (SSSR count). The molecular formula is C12H22N2O4. The van der Waals surface area contributed by atoms with E-state index < -0.39 is 5.97 Å². The van der Waals surface area contributed by atoms with Crippen LogP contribution in [0.15, 0.2) is 0 Å². The Kier molecular flexibility index (Phi) is 6.49. The van der Waals surface area contributed by atoms with Crippen LogP contribution in [0.4, 0.5) is 4.79 Å². The minimum atomic E-state index is -0.993. The van der Waals surface area contributed by atoms with Gasteiger partial charge in [-0.3, -0.25) is 4.79 Å². The number of aliphatic carboxylic acids is 1. The van der Waals surface area contributed by atoms with E-state index in [2.05, 4.69) is 5.32 Å². The average Bonchev–Trinajstić information content (AvgIpc) is 2.36. The standard InChI is InChI=1S/C12H22N2O4/c1-2-6-14(9-11(15)16)12(17)13-8-10-5-3-4-7-18-10/h10H,2-9H2,1H3,(H,13,17)(H,15,16). The zero-order valence-corrected chi connectivity index (χ0v) is 10.9. The zero-order valence-electron chi connectivity index (χ0n) is 10.9. The van der Waals surface area contributed by atoms with Gasteiger partial charge in [-0.25, -0.2) is 4.79 Å². The van der Waals surface area contributed by atoms with E-state index in [1.807, 2.05) is 6.92 Å². The van der Waals surface area contributed by atoms with Gasteiger partial charge in [-0.2, -0.15) is 0 Å². The number of carboxylic acids is 1. The molecule has 0 bridgehead atoms. The molecule has 0 aromatic rings. The Morgan fingerprint density at radius 1 is 1.44 bits per heavy atom. The summed E-state index contributed by atoms with van der Waals surface area (Å²) in [5.41, 5.74) is 0. The first-order valence-corrected chi connectivity index (χ1v) is 6.49. The minimum Gasteiger partial charge on any atom is -0.480 e. The van der Waals surface area contributed by atoms with E-state index >= 15 is 0 Å². The molecular weight excluding hydrogens is 236 g/mol. The first kappa shape index (κ1) is 14.8. The predicted octanol–water partition coefficient (Wildman–Crippen LogP) is 1.06. The second-order valence-corrected chi connectivity index (χ2v) is 4.49. The van der Waals surface area contributed by atoms with Crippen LogP contribution in [0.5, 0.6) is 0 Å². The highest BCUT2D eigenvalue weighted by Gasteiger charge is 2.18. The van der Waals surface area contributed by atoms with Crippen molar-refractivity contribution >= 4 is 12.0 Å². The Hall–Kier alpha value is -1.30. The number of ether oxygens (including phenoxy) is 1. The number of nitrogens with zero attached hydrogens (tertiary/aromatic N) is 1. The summed E-state index contributed by atoms with van der Waals surface area (Å²) in [6.07, 6.45) is 3.95. The SMILES string of the molecule is CCCN(CC(=O)O)C(=O)NCC1CCCCO1. The largest absolute Gasteiger partial charge is 0.480 e. The lowest BCUT2D eigenvalue weighted by Crippen LogP contribution is -2.46. The maximum absolute atomic E-state index is 11.8. The van der Waals surface area contributed by atoms with Gasteiger partial charge in [0.2, 0.25) is 0 Å². The van der Waals surface area contributed by atoms with Gasteiger partial charge >= 0.3 is 12.0 Å². The molecule has 18 heavy (non-hydrogen) atoms. The highest BCUT2D eigenvalue weighted by molar-refractivity contribution is 5.80. The molecule has 104 valence electrons. The van der Waals surface area contributed by atoms with Crippen LogP contribution in [0, 0.1) is 0 Å². The summed E-state index contributed by atoms with van der Waals surface area (Å²) in [5.74, 6) is -0.993. The van der Waals surface area contributed by atoms with Gasteiger partial charge in [-0.1, -0.05) is 6.92 Å². The van der Waals surface area contributed by atoms with E-state index in [0.29, 0.717) is 13.1 Å². The van der Waals surface area contributed by atoms with Crippen LogP contribution in [-0.2, 0) is 9.53 Å². The summed E-state index contributed by atoms with van der Waals surface area (Å²) in [6, 6.07) is -0.326. The number of urea groups is 1. The fourth-order valence-electron chi connectivity index (χ4n) is 1.97. The Morgan fingerprint density at radius 3 is 2.78 bits per heavy atom. The molecule has 6 nitrogen and oxygen atoms in total. The van der Waals surface area contributed by atoms with E-state index in [1.54, 1.807) is 0 Å². The first-order valence-electron chi connectivity index (χ1n) is 6.49. The summed E-state index contributed by atoms with van der Waals surface area (Å²) in [6.45, 7) is 3.30. The van der Waals surface area contributed by atoms with Crippen LogP contribution < -0.4 is 5.32 Å². The number of rotatable bonds is 6. The third-order valence-corrected chi connectivity index (χ3v) is 2.86. The molecule has 2 N–H and O–H groups in total. The van der Waals surface area contributed by atoms with Gasteiger partial charge in [0.05, 0.1) is 6.10 Å². The molecule has 1 saturated heterocycles. The normalized spacial score (nSPS) is 19.3. The van der Waals surface area contributed by atoms with Gasteiger partial charge in [0.25, 0.3) is 0 Å². The van der Waals surface area contributed by atoms with E-state index in [-0.39, 0.29) is 18.7 Å². The molecule has 1 fully saturated rings. The monoisotopic (exact) mass is 258 g/mol. The second-order valence-electron chi connectivity index (χ2n) is 4.49. The summed E-state index contributed by atoms with van der Waals surface area (Å²) < 4.78 is 5.50. The van der Waals surface area contributed by atoms with Gasteiger partial charge in [-0.15, -0.1) is 0 Å². The van der Waals surface area contributed by atoms with Crippen molar-refractivity contribution in [1.82, 2.24) is 10.2 Å². The van der Waals surface area contributed by atoms with Crippen molar-refractivity contribution in [2.75, 3.05) is 26.2 Å². The Bertz CT molecular complexity index is 277. The molecule has 0 spiro atoms. The third kappa shape index (κ3) is 5.35. The van der Waals surface area contributed by atoms with Crippen LogP contribution in [0.2, 0.25) is 0 Å². The number of nitrogens with one attached hydrogen (secondary N) is 1. The molecule has 1 heterocycles. The quantitative estimate of drug-likeness (QED) is 0.746. The third-order valence-electron chi connectivity index (χ3n) is 2.86. The smallest absolute Gasteiger partial charge is 0.323 e. The van der Waals surface area contributed by atoms with E-state index in [4.69, 9.17) is 9.84 Å². The lowest BCUT2D eigenvalue weighted by Gasteiger charge is -2.25. The fourth-order valence-corrected chi connectivity index (χ4v) is 1.97. The number of hydrogen-bond donors (Lipinski definition) is 2. The summed E-state index contributed by atoms with van der Waals surface area (Å²) >= 11 is 0. The molecule has 1 aliphatic rings. The molecule has 0 aliphatic carbocycles. The zero-order chi connectivity index (χ0) is 13.4. The summed E-state index contributed by atoms with van der Waals surface area (Å²) in [7, 11) is 0. The molecule has 0 aromatic heterocycles. The molecule has 0 aromatic carbocycles. The second kappa shape index (κ2) is 7.92. The highest BCUT2D eigenvalue weighted by atomic mass is 16.5. The van der Waals surface area contributed by atoms with Crippen LogP contribution in [0.1, 0.15) is 32.6 Å². The van der Waals surface area contributed by atoms with E-state index in [0.717, 1.165) is 32.3 Å². The van der Waals surface area contributed by atoms with Gasteiger partial charge < -0.3 is 20.1 Å². The Balaban J connectivity index is 2.32. The lowest BCUT2D eigenvalue weighted by molar-refractivity contribution is -0.137. The van der Waals surface area contributed by atoms with Crippen molar-refractivity contribution < 1.29 is 19.4 Å². The summed E-state index contributed by atoms with van der Waals surface area (Å²) in [5, 5.41) is 11.5. The number of amides is 2. The fraction of sp³-hybridized carbons (Fsp3) is 0.833. The molecule has 0 saturated carbocycles. The van der Waals surface area contributed by atoms with Crippen molar-refractivity contribution in [3.05, 3.63) is 0 Å². The average molecular weight is 258 g/mol. The predicted molar refractivity (Wildman–Crippen MR) is 66.5 cm³/mol. The molecule has 1 atom stereocenters. The number of carbonyl (C=O) groups excluding carboxylic acids is 1. The number of carboxylic acid groups (broad SMARTS) is 1. The Labute approximate surface area is 107 Å². The van der Waals surface area contributed by atoms with Crippen LogP contribution in [-0.4, -0.2) is 54.4 Å². The Morgan fingerprint density at radius 2 is 2.22 bits per heavy atom. The van der Waals surface area contributed by atoms with Crippen LogP contribution >= 0.6 is 0 Å². The molecule has 1 unspecified atom stereocenters. The highest BCUT2D eigenvalue weighted by Crippen LogP contribution is 2.11. The van der Waals surface area contributed by atoms with Gasteiger partial charge in [0.1, 0.15) is 6.54 Å². The topological polar surface area (TPSA) is 78.9 Å². The molecule has 2 amide bonds. The molecule has 6 heteroatoms. The maximum atomic E-state index is 11.8. The number of hydrogen-bond acceptors (Lipinski definition) is 3. The minimum absolute atomic E-state index is 0.0657. The molecule has 0 radical (unpaired) electrons. The van der Waals surface area contributed by atoms with Crippen molar-refractivity contribution in [1.29, 1.82) is 0 Å².